The Morgan fingerprint density at radius 2 is 0.376 bits per heavy atom. The van der Waals surface area contributed by atoms with Crippen LogP contribution in [0, 0.1) is 48.5 Å². The fourth-order valence-electron chi connectivity index (χ4n) is 6.82. The van der Waals surface area contributed by atoms with Gasteiger partial charge in [-0.2, -0.15) is 0 Å². The molecule has 0 aliphatic carbocycles. The fraction of sp³-hybridized carbons (Fsp3) is 0.435. The number of methoxy groups -OCH3 is 6. The molecule has 0 N–H and O–H groups in total. The Balaban J connectivity index is -0.0000000938. The molecular weight excluding hydrogens is 1140 g/mol. The van der Waals surface area contributed by atoms with Crippen LogP contribution in [0.15, 0.2) is 212 Å². The Morgan fingerprint density at radius 3 is 0.516 bits per heavy atom. The Bertz CT molecular complexity index is 2330. The van der Waals surface area contributed by atoms with Gasteiger partial charge >= 0.3 is 0 Å². The molecule has 522 valence electrons. The molecule has 0 bridgehead atoms. The predicted octanol–water partition coefficient (Wildman–Crippen LogP) is 24.4. The van der Waals surface area contributed by atoms with Crippen LogP contribution >= 0.6 is 0 Å². The van der Waals surface area contributed by atoms with Gasteiger partial charge in [-0.05, 0) is 116 Å². The minimum atomic E-state index is -0.00447. The Kier molecular flexibility index (Phi) is 99.3. The highest BCUT2D eigenvalue weighted by Gasteiger charge is 2.25. The van der Waals surface area contributed by atoms with Gasteiger partial charge in [-0.3, -0.25) is 0 Å². The number of rotatable bonds is 6. The Morgan fingerprint density at radius 1 is 0.215 bits per heavy atom. The van der Waals surface area contributed by atoms with Gasteiger partial charge in [0.15, 0.2) is 0 Å². The molecule has 6 radical (unpaired) electrons. The second kappa shape index (κ2) is 83.3. The van der Waals surface area contributed by atoms with Gasteiger partial charge in [-0.25, -0.2) is 0 Å². The lowest BCUT2D eigenvalue weighted by molar-refractivity contribution is 0.277. The summed E-state index contributed by atoms with van der Waals surface area (Å²) in [5.41, 5.74) is 14.4. The van der Waals surface area contributed by atoms with Crippen molar-refractivity contribution < 1.29 is 28.4 Å². The van der Waals surface area contributed by atoms with E-state index >= 15 is 0 Å². The molecule has 0 aliphatic rings. The molecule has 8 heteroatoms. The van der Waals surface area contributed by atoms with E-state index in [4.69, 9.17) is 9.47 Å². The van der Waals surface area contributed by atoms with E-state index in [1.165, 1.54) is 61.2 Å². The fourth-order valence-corrected chi connectivity index (χ4v) is 6.82. The third-order valence-corrected chi connectivity index (χ3v) is 11.6. The average Bonchev–Trinajstić information content (AvgIpc) is 0.817. The van der Waals surface area contributed by atoms with Crippen molar-refractivity contribution in [2.24, 2.45) is 0 Å². The van der Waals surface area contributed by atoms with Gasteiger partial charge < -0.3 is 28.4 Å². The molecule has 0 saturated carbocycles. The highest BCUT2D eigenvalue weighted by atomic mass is 16.5. The predicted molar refractivity (Wildman–Crippen MR) is 425 cm³/mol. The minimum absolute atomic E-state index is 0. The maximum atomic E-state index is 5.35. The number of aryl methyl sites for hydroxylation is 7. The first-order chi connectivity index (χ1) is 43.8. The Hall–Kier alpha value is -6.67. The van der Waals surface area contributed by atoms with Gasteiger partial charge in [0.1, 0.15) is 11.5 Å². The summed E-state index contributed by atoms with van der Waals surface area (Å²) < 4.78 is 27.7. The van der Waals surface area contributed by atoms with Crippen LogP contribution in [0.2, 0.25) is 0 Å². The van der Waals surface area contributed by atoms with Crippen molar-refractivity contribution in [2.45, 2.75) is 184 Å². The van der Waals surface area contributed by atoms with E-state index in [1.807, 2.05) is 224 Å². The first-order valence-corrected chi connectivity index (χ1v) is 32.9. The first kappa shape index (κ1) is 111. The molecule has 93 heavy (non-hydrogen) atoms. The topological polar surface area (TPSA) is 55.4 Å². The lowest BCUT2D eigenvalue weighted by atomic mass is 9.77. The average molecular weight is 1280 g/mol. The van der Waals surface area contributed by atoms with Gasteiger partial charge in [0, 0.05) is 84.5 Å². The van der Waals surface area contributed by atoms with E-state index in [2.05, 4.69) is 180 Å². The zero-order valence-electron chi connectivity index (χ0n) is 66.3. The van der Waals surface area contributed by atoms with E-state index in [-0.39, 0.29) is 27.7 Å². The van der Waals surface area contributed by atoms with E-state index in [0.717, 1.165) is 11.5 Å². The molecule has 8 rings (SSSR count). The lowest BCUT2D eigenvalue weighted by Crippen LogP contribution is -2.19. The normalized spacial score (nSPS) is 8.38. The zero-order chi connectivity index (χ0) is 72.5. The van der Waals surface area contributed by atoms with Crippen LogP contribution in [-0.2, 0) is 29.8 Å². The second-order valence-corrected chi connectivity index (χ2v) is 19.0. The van der Waals surface area contributed by atoms with Crippen molar-refractivity contribution in [1.82, 2.24) is 0 Å². The van der Waals surface area contributed by atoms with E-state index < -0.39 is 0 Å². The molecule has 0 saturated heterocycles. The number of benzene rings is 8. The molecule has 0 aliphatic heterocycles. The molecule has 8 aromatic carbocycles. The monoisotopic (exact) mass is 1280 g/mol. The maximum absolute atomic E-state index is 5.35. The van der Waals surface area contributed by atoms with Gasteiger partial charge in [-0.15, -0.1) is 0 Å². The molecule has 8 aromatic rings. The summed E-state index contributed by atoms with van der Waals surface area (Å²) in [5, 5.41) is 0. The molecule has 0 fully saturated rings. The molecule has 6 nitrogen and oxygen atoms in total. The standard InChI is InChI=1S/2C19H24O.C7H8.3C6H6.4C2H6O.7C2H6.2B/c2*1-13-7-8-16(11-14(13)2)19(4,5)17-9-10-18(20-6)15(3)12-17;1-7-5-3-2-4-6-7;3*1-2-4-6-5-3-1;4*1-3-2;7*1-2;;/h2*7-12H,1-6H3;2-6H,1H3;3*1-6H;4*1-2H3;7*1-2H3;;. The van der Waals surface area contributed by atoms with Crippen molar-refractivity contribution in [2.75, 3.05) is 71.1 Å². The van der Waals surface area contributed by atoms with Crippen molar-refractivity contribution in [3.05, 3.63) is 274 Å². The maximum Gasteiger partial charge on any atom is 0.121 e. The largest absolute Gasteiger partial charge is 0.496 e. The number of ether oxygens (including phenoxy) is 6. The quantitative estimate of drug-likeness (QED) is 0.155. The van der Waals surface area contributed by atoms with Gasteiger partial charge in [0.25, 0.3) is 0 Å². The summed E-state index contributed by atoms with van der Waals surface area (Å²) in [6, 6.07) is 72.7. The van der Waals surface area contributed by atoms with Crippen LogP contribution in [0.3, 0.4) is 0 Å². The van der Waals surface area contributed by atoms with Crippen LogP contribution in [0.4, 0.5) is 0 Å². The van der Waals surface area contributed by atoms with Crippen molar-refractivity contribution in [1.29, 1.82) is 0 Å². The summed E-state index contributed by atoms with van der Waals surface area (Å²) >= 11 is 0. The van der Waals surface area contributed by atoms with Crippen LogP contribution in [0.25, 0.3) is 0 Å². The zero-order valence-corrected chi connectivity index (χ0v) is 66.3. The Labute approximate surface area is 582 Å². The SMILES string of the molecule is CC.CC.CC.CC.CC.CC.CC.COC.COC.COC.COC.COc1ccc(C(C)(C)c2ccc(C)c(C)c2)cc1C.COc1ccc(C(C)(C)c2ccc(C)c(C)c2)cc1C.Cc1ccccc1.[B].[B].c1ccccc1.c1ccccc1.c1ccccc1. The number of hydrogen-bond donors (Lipinski definition) is 0. The third kappa shape index (κ3) is 60.1. The van der Waals surface area contributed by atoms with Crippen LogP contribution in [-0.4, -0.2) is 87.9 Å². The van der Waals surface area contributed by atoms with E-state index in [1.54, 1.807) is 71.1 Å². The molecule has 0 spiro atoms. The summed E-state index contributed by atoms with van der Waals surface area (Å²) in [6.07, 6.45) is 0. The highest BCUT2D eigenvalue weighted by molar-refractivity contribution is 5.76. The molecular formula is C85H140B2O6. The summed E-state index contributed by atoms with van der Waals surface area (Å²) in [4.78, 5) is 0. The summed E-state index contributed by atoms with van der Waals surface area (Å²) in [5.74, 6) is 1.90. The van der Waals surface area contributed by atoms with Crippen LogP contribution in [0.5, 0.6) is 11.5 Å². The van der Waals surface area contributed by atoms with Gasteiger partial charge in [-0.1, -0.05) is 330 Å². The molecule has 0 amide bonds. The molecule has 0 atom stereocenters. The van der Waals surface area contributed by atoms with E-state index in [0.29, 0.717) is 0 Å². The van der Waals surface area contributed by atoms with Crippen LogP contribution < -0.4 is 9.47 Å². The van der Waals surface area contributed by atoms with Crippen molar-refractivity contribution in [3.8, 4) is 11.5 Å². The second-order valence-electron chi connectivity index (χ2n) is 19.0. The molecule has 0 unspecified atom stereocenters. The first-order valence-electron chi connectivity index (χ1n) is 32.9. The summed E-state index contributed by atoms with van der Waals surface area (Å²) in [7, 11) is 16.4. The summed E-state index contributed by atoms with van der Waals surface area (Å²) in [6.45, 7) is 52.0. The van der Waals surface area contributed by atoms with E-state index in [9.17, 15) is 0 Å². The highest BCUT2D eigenvalue weighted by Crippen LogP contribution is 2.36. The van der Waals surface area contributed by atoms with Gasteiger partial charge in [0.2, 0.25) is 0 Å². The minimum Gasteiger partial charge on any atom is -0.496 e. The van der Waals surface area contributed by atoms with Crippen molar-refractivity contribution in [3.63, 3.8) is 0 Å². The van der Waals surface area contributed by atoms with Crippen LogP contribution in [0.1, 0.15) is 186 Å². The smallest absolute Gasteiger partial charge is 0.121 e. The third-order valence-electron chi connectivity index (χ3n) is 11.6. The molecule has 0 heterocycles. The van der Waals surface area contributed by atoms with Gasteiger partial charge in [0.05, 0.1) is 14.2 Å². The molecule has 0 aromatic heterocycles. The van der Waals surface area contributed by atoms with Crippen molar-refractivity contribution >= 4 is 16.8 Å². The number of hydrogen-bond acceptors (Lipinski definition) is 6. The lowest BCUT2D eigenvalue weighted by Gasteiger charge is -2.27.